The van der Waals surface area contributed by atoms with Gasteiger partial charge >= 0.3 is 0 Å². The summed E-state index contributed by atoms with van der Waals surface area (Å²) in [6.07, 6.45) is 5.39. The smallest absolute Gasteiger partial charge is 0.153 e. The molecule has 0 radical (unpaired) electrons. The van der Waals surface area contributed by atoms with E-state index in [1.807, 2.05) is 24.4 Å². The van der Waals surface area contributed by atoms with Gasteiger partial charge in [0.05, 0.1) is 0 Å². The molecule has 100 valence electrons. The van der Waals surface area contributed by atoms with Crippen LogP contribution in [0.1, 0.15) is 11.3 Å². The summed E-state index contributed by atoms with van der Waals surface area (Å²) < 4.78 is 0. The van der Waals surface area contributed by atoms with Crippen LogP contribution in [-0.2, 0) is 12.8 Å². The molecular weight excluding hydrogens is 248 g/mol. The second-order valence-corrected chi connectivity index (χ2v) is 4.69. The Bertz CT molecular complexity index is 674. The van der Waals surface area contributed by atoms with E-state index in [2.05, 4.69) is 39.4 Å². The maximum Gasteiger partial charge on any atom is 0.153 e. The van der Waals surface area contributed by atoms with Crippen molar-refractivity contribution in [3.8, 4) is 11.1 Å². The number of hydrogen-bond donors (Lipinski definition) is 2. The highest BCUT2D eigenvalue weighted by molar-refractivity contribution is 5.75. The van der Waals surface area contributed by atoms with Crippen molar-refractivity contribution in [3.05, 3.63) is 66.1 Å². The first kappa shape index (κ1) is 12.4. The zero-order chi connectivity index (χ0) is 13.8. The molecule has 0 aliphatic rings. The van der Waals surface area contributed by atoms with Gasteiger partial charge in [-0.3, -0.25) is 10.1 Å². The number of anilines is 1. The number of H-pyrrole nitrogens is 1. The molecule has 0 fully saturated rings. The summed E-state index contributed by atoms with van der Waals surface area (Å²) >= 11 is 0. The Morgan fingerprint density at radius 3 is 2.60 bits per heavy atom. The van der Waals surface area contributed by atoms with Crippen LogP contribution in [0.3, 0.4) is 0 Å². The lowest BCUT2D eigenvalue weighted by Crippen LogP contribution is -1.95. The molecule has 0 saturated heterocycles. The highest BCUT2D eigenvalue weighted by Gasteiger charge is 2.12. The normalized spacial score (nSPS) is 10.6. The third-order valence-electron chi connectivity index (χ3n) is 3.33. The first-order valence-electron chi connectivity index (χ1n) is 6.61. The van der Waals surface area contributed by atoms with Gasteiger partial charge in [0.1, 0.15) is 0 Å². The van der Waals surface area contributed by atoms with Gasteiger partial charge in [-0.15, -0.1) is 0 Å². The van der Waals surface area contributed by atoms with E-state index in [4.69, 9.17) is 5.73 Å². The molecule has 0 bridgehead atoms. The molecular formula is C16H16N4. The first-order valence-corrected chi connectivity index (χ1v) is 6.61. The number of rotatable bonds is 4. The topological polar surface area (TPSA) is 67.6 Å². The van der Waals surface area contributed by atoms with Crippen LogP contribution in [0.25, 0.3) is 11.1 Å². The Labute approximate surface area is 117 Å². The fourth-order valence-electron chi connectivity index (χ4n) is 2.32. The van der Waals surface area contributed by atoms with Crippen molar-refractivity contribution in [2.24, 2.45) is 0 Å². The third-order valence-corrected chi connectivity index (χ3v) is 3.33. The van der Waals surface area contributed by atoms with Crippen molar-refractivity contribution in [1.82, 2.24) is 15.2 Å². The average molecular weight is 264 g/mol. The molecule has 0 atom stereocenters. The van der Waals surface area contributed by atoms with Crippen LogP contribution < -0.4 is 5.73 Å². The number of nitrogens with two attached hydrogens (primary N) is 1. The van der Waals surface area contributed by atoms with Gasteiger partial charge in [0, 0.05) is 29.2 Å². The summed E-state index contributed by atoms with van der Waals surface area (Å²) in [7, 11) is 0. The number of nitrogen functional groups attached to an aromatic ring is 1. The van der Waals surface area contributed by atoms with Gasteiger partial charge in [0.25, 0.3) is 0 Å². The molecule has 0 aliphatic carbocycles. The average Bonchev–Trinajstić information content (AvgIpc) is 2.88. The van der Waals surface area contributed by atoms with Crippen LogP contribution in [-0.4, -0.2) is 15.2 Å². The van der Waals surface area contributed by atoms with Gasteiger partial charge in [-0.1, -0.05) is 36.4 Å². The predicted molar refractivity (Wildman–Crippen MR) is 80.1 cm³/mol. The van der Waals surface area contributed by atoms with Crippen molar-refractivity contribution < 1.29 is 0 Å². The summed E-state index contributed by atoms with van der Waals surface area (Å²) in [5, 5.41) is 7.17. The van der Waals surface area contributed by atoms with Gasteiger partial charge in [0.15, 0.2) is 5.82 Å². The first-order chi connectivity index (χ1) is 9.84. The second kappa shape index (κ2) is 5.57. The van der Waals surface area contributed by atoms with Gasteiger partial charge < -0.3 is 5.73 Å². The molecule has 0 unspecified atom stereocenters. The lowest BCUT2D eigenvalue weighted by atomic mass is 10.0. The Kier molecular flexibility index (Phi) is 3.46. The quantitative estimate of drug-likeness (QED) is 0.761. The van der Waals surface area contributed by atoms with Crippen molar-refractivity contribution in [1.29, 1.82) is 0 Å². The Hall–Kier alpha value is -2.62. The Morgan fingerprint density at radius 1 is 1.00 bits per heavy atom. The predicted octanol–water partition coefficient (Wildman–Crippen LogP) is 2.84. The third kappa shape index (κ3) is 2.54. The number of nitrogens with zero attached hydrogens (tertiary/aromatic N) is 2. The van der Waals surface area contributed by atoms with E-state index in [1.54, 1.807) is 6.20 Å². The summed E-state index contributed by atoms with van der Waals surface area (Å²) in [5.41, 5.74) is 10.3. The van der Waals surface area contributed by atoms with E-state index in [0.717, 1.165) is 29.7 Å². The molecule has 0 aliphatic heterocycles. The van der Waals surface area contributed by atoms with Crippen LogP contribution in [0.15, 0.2) is 54.9 Å². The van der Waals surface area contributed by atoms with E-state index in [0.29, 0.717) is 5.82 Å². The number of aryl methyl sites for hydroxylation is 2. The van der Waals surface area contributed by atoms with E-state index in [9.17, 15) is 0 Å². The van der Waals surface area contributed by atoms with Gasteiger partial charge in [0.2, 0.25) is 0 Å². The van der Waals surface area contributed by atoms with Crippen molar-refractivity contribution in [2.45, 2.75) is 12.8 Å². The SMILES string of the molecule is Nc1n[nH]c(CCc2ccccc2)c1-c1cccnc1. The number of hydrogen-bond acceptors (Lipinski definition) is 3. The Morgan fingerprint density at radius 2 is 1.85 bits per heavy atom. The van der Waals surface area contributed by atoms with Crippen LogP contribution in [0.2, 0.25) is 0 Å². The van der Waals surface area contributed by atoms with Crippen LogP contribution in [0.5, 0.6) is 0 Å². The maximum absolute atomic E-state index is 5.97. The second-order valence-electron chi connectivity index (χ2n) is 4.69. The fraction of sp³-hybridized carbons (Fsp3) is 0.125. The molecule has 2 heterocycles. The largest absolute Gasteiger partial charge is 0.382 e. The maximum atomic E-state index is 5.97. The molecule has 1 aromatic carbocycles. The summed E-state index contributed by atoms with van der Waals surface area (Å²) in [5.74, 6) is 0.529. The molecule has 0 amide bonds. The highest BCUT2D eigenvalue weighted by Crippen LogP contribution is 2.27. The number of aromatic amines is 1. The summed E-state index contributed by atoms with van der Waals surface area (Å²) in [6.45, 7) is 0. The molecule has 0 saturated carbocycles. The van der Waals surface area contributed by atoms with E-state index >= 15 is 0 Å². The summed E-state index contributed by atoms with van der Waals surface area (Å²) in [4.78, 5) is 4.14. The van der Waals surface area contributed by atoms with Crippen LogP contribution in [0, 0.1) is 0 Å². The molecule has 0 spiro atoms. The van der Waals surface area contributed by atoms with Crippen LogP contribution >= 0.6 is 0 Å². The molecule has 4 nitrogen and oxygen atoms in total. The molecule has 2 aromatic heterocycles. The van der Waals surface area contributed by atoms with Crippen molar-refractivity contribution >= 4 is 5.82 Å². The molecule has 3 N–H and O–H groups in total. The lowest BCUT2D eigenvalue weighted by molar-refractivity contribution is 0.895. The minimum absolute atomic E-state index is 0.529. The summed E-state index contributed by atoms with van der Waals surface area (Å²) in [6, 6.07) is 14.3. The van der Waals surface area contributed by atoms with Gasteiger partial charge in [-0.2, -0.15) is 5.10 Å². The number of nitrogens with one attached hydrogen (secondary N) is 1. The Balaban J connectivity index is 1.85. The van der Waals surface area contributed by atoms with E-state index in [-0.39, 0.29) is 0 Å². The van der Waals surface area contributed by atoms with Gasteiger partial charge in [-0.05, 0) is 24.5 Å². The minimum atomic E-state index is 0.529. The number of aromatic nitrogens is 3. The molecule has 3 aromatic rings. The zero-order valence-corrected chi connectivity index (χ0v) is 11.1. The number of benzene rings is 1. The van der Waals surface area contributed by atoms with Crippen molar-refractivity contribution in [3.63, 3.8) is 0 Å². The highest BCUT2D eigenvalue weighted by atomic mass is 15.2. The minimum Gasteiger partial charge on any atom is -0.382 e. The standard InChI is InChI=1S/C16H16N4/c17-16-15(13-7-4-10-18-11-13)14(19-20-16)9-8-12-5-2-1-3-6-12/h1-7,10-11H,8-9H2,(H3,17,19,20). The van der Waals surface area contributed by atoms with Gasteiger partial charge in [-0.25, -0.2) is 0 Å². The lowest BCUT2D eigenvalue weighted by Gasteiger charge is -2.04. The van der Waals surface area contributed by atoms with Crippen molar-refractivity contribution in [2.75, 3.05) is 5.73 Å². The molecule has 20 heavy (non-hydrogen) atoms. The zero-order valence-electron chi connectivity index (χ0n) is 11.1. The fourth-order valence-corrected chi connectivity index (χ4v) is 2.32. The molecule has 3 rings (SSSR count). The molecule has 4 heteroatoms. The van der Waals surface area contributed by atoms with E-state index < -0.39 is 0 Å². The van der Waals surface area contributed by atoms with Crippen LogP contribution in [0.4, 0.5) is 5.82 Å². The van der Waals surface area contributed by atoms with E-state index in [1.165, 1.54) is 5.56 Å². The number of pyridine rings is 1. The monoisotopic (exact) mass is 264 g/mol.